The number of primary amides is 1. The van der Waals surface area contributed by atoms with Crippen LogP contribution in [0, 0.1) is 0 Å². The van der Waals surface area contributed by atoms with Crippen LogP contribution in [0.1, 0.15) is 17.2 Å². The van der Waals surface area contributed by atoms with Crippen LogP contribution < -0.4 is 5.73 Å². The van der Waals surface area contributed by atoms with E-state index >= 15 is 0 Å². The second kappa shape index (κ2) is 6.64. The van der Waals surface area contributed by atoms with Gasteiger partial charge in [-0.2, -0.15) is 5.10 Å². The first kappa shape index (κ1) is 15.8. The molecule has 3 aromatic heterocycles. The van der Waals surface area contributed by atoms with Crippen molar-refractivity contribution in [2.24, 2.45) is 5.73 Å². The van der Waals surface area contributed by atoms with Gasteiger partial charge >= 0.3 is 0 Å². The van der Waals surface area contributed by atoms with Gasteiger partial charge < -0.3 is 10.2 Å². The lowest BCUT2D eigenvalue weighted by Crippen LogP contribution is -2.24. The molecule has 26 heavy (non-hydrogen) atoms. The Kier molecular flexibility index (Phi) is 4.03. The molecule has 1 aromatic carbocycles. The van der Waals surface area contributed by atoms with E-state index in [9.17, 15) is 4.79 Å². The minimum Gasteiger partial charge on any atom is -0.461 e. The highest BCUT2D eigenvalue weighted by Crippen LogP contribution is 2.26. The van der Waals surface area contributed by atoms with Crippen LogP contribution in [0.25, 0.3) is 17.4 Å². The van der Waals surface area contributed by atoms with Crippen molar-refractivity contribution in [3.8, 4) is 17.4 Å². The number of rotatable bonds is 5. The summed E-state index contributed by atoms with van der Waals surface area (Å²) >= 11 is 0. The molecule has 0 saturated carbocycles. The van der Waals surface area contributed by atoms with E-state index in [4.69, 9.17) is 10.2 Å². The fraction of sp³-hybridized carbons (Fsp3) is 0.0526. The Labute approximate surface area is 149 Å². The molecule has 0 radical (unpaired) electrons. The molecule has 0 aliphatic carbocycles. The van der Waals surface area contributed by atoms with E-state index in [0.29, 0.717) is 23.1 Å². The zero-order chi connectivity index (χ0) is 17.9. The number of amides is 1. The van der Waals surface area contributed by atoms with Crippen molar-refractivity contribution in [2.45, 2.75) is 5.92 Å². The van der Waals surface area contributed by atoms with Crippen LogP contribution in [0.4, 0.5) is 0 Å². The summed E-state index contributed by atoms with van der Waals surface area (Å²) in [6.07, 6.45) is 4.96. The molecule has 0 fully saturated rings. The molecular formula is C19H15N5O2. The summed E-state index contributed by atoms with van der Waals surface area (Å²) in [5.41, 5.74) is 6.93. The number of aromatic nitrogens is 4. The Morgan fingerprint density at radius 1 is 1.08 bits per heavy atom. The van der Waals surface area contributed by atoms with Crippen LogP contribution >= 0.6 is 0 Å². The molecule has 128 valence electrons. The molecule has 0 spiro atoms. The Morgan fingerprint density at radius 3 is 2.58 bits per heavy atom. The molecular weight excluding hydrogens is 330 g/mol. The van der Waals surface area contributed by atoms with E-state index in [-0.39, 0.29) is 0 Å². The average Bonchev–Trinajstić information content (AvgIpc) is 3.36. The molecule has 0 saturated heterocycles. The Bertz CT molecular complexity index is 959. The fourth-order valence-corrected chi connectivity index (χ4v) is 2.76. The van der Waals surface area contributed by atoms with E-state index in [1.54, 1.807) is 47.6 Å². The molecule has 1 unspecified atom stereocenters. The highest BCUT2D eigenvalue weighted by atomic mass is 16.3. The molecule has 0 bridgehead atoms. The van der Waals surface area contributed by atoms with Crippen molar-refractivity contribution in [3.63, 3.8) is 0 Å². The lowest BCUT2D eigenvalue weighted by atomic mass is 9.94. The monoisotopic (exact) mass is 345 g/mol. The zero-order valence-corrected chi connectivity index (χ0v) is 13.7. The van der Waals surface area contributed by atoms with Gasteiger partial charge in [0, 0.05) is 18.5 Å². The first-order valence-electron chi connectivity index (χ1n) is 7.99. The quantitative estimate of drug-likeness (QED) is 0.599. The first-order chi connectivity index (χ1) is 12.7. The average molecular weight is 345 g/mol. The molecule has 0 aliphatic heterocycles. The van der Waals surface area contributed by atoms with Gasteiger partial charge in [-0.15, -0.1) is 0 Å². The predicted octanol–water partition coefficient (Wildman–Crippen LogP) is 2.54. The number of hydrogen-bond donors (Lipinski definition) is 1. The number of carbonyl (C=O) groups excluding carboxylic acids is 1. The number of hydrogen-bond acceptors (Lipinski definition) is 5. The number of nitrogens with two attached hydrogens (primary N) is 1. The summed E-state index contributed by atoms with van der Waals surface area (Å²) in [4.78, 5) is 21.2. The largest absolute Gasteiger partial charge is 0.461 e. The van der Waals surface area contributed by atoms with Gasteiger partial charge in [-0.3, -0.25) is 4.79 Å². The van der Waals surface area contributed by atoms with Crippen LogP contribution in [0.5, 0.6) is 0 Å². The lowest BCUT2D eigenvalue weighted by Gasteiger charge is -2.15. The van der Waals surface area contributed by atoms with E-state index in [1.165, 1.54) is 0 Å². The second-order valence-electron chi connectivity index (χ2n) is 5.65. The molecule has 0 aliphatic rings. The van der Waals surface area contributed by atoms with Gasteiger partial charge in [0.15, 0.2) is 17.4 Å². The van der Waals surface area contributed by atoms with E-state index < -0.39 is 11.8 Å². The second-order valence-corrected chi connectivity index (χ2v) is 5.65. The minimum absolute atomic E-state index is 0.361. The first-order valence-corrected chi connectivity index (χ1v) is 7.99. The van der Waals surface area contributed by atoms with Gasteiger partial charge in [-0.1, -0.05) is 30.3 Å². The normalized spacial score (nSPS) is 12.0. The highest BCUT2D eigenvalue weighted by Gasteiger charge is 2.24. The molecule has 7 heteroatoms. The van der Waals surface area contributed by atoms with Crippen LogP contribution in [0.2, 0.25) is 0 Å². The molecule has 7 nitrogen and oxygen atoms in total. The third kappa shape index (κ3) is 2.98. The Balaban J connectivity index is 1.90. The lowest BCUT2D eigenvalue weighted by molar-refractivity contribution is -0.118. The third-order valence-electron chi connectivity index (χ3n) is 3.93. The summed E-state index contributed by atoms with van der Waals surface area (Å²) in [6.45, 7) is 0. The summed E-state index contributed by atoms with van der Waals surface area (Å²) in [5, 5.41) is 4.21. The van der Waals surface area contributed by atoms with Crippen LogP contribution in [-0.4, -0.2) is 25.7 Å². The highest BCUT2D eigenvalue weighted by molar-refractivity contribution is 5.85. The number of benzene rings is 1. The van der Waals surface area contributed by atoms with Crippen LogP contribution in [0.3, 0.4) is 0 Å². The predicted molar refractivity (Wildman–Crippen MR) is 94.3 cm³/mol. The van der Waals surface area contributed by atoms with Gasteiger partial charge in [0.25, 0.3) is 0 Å². The van der Waals surface area contributed by atoms with E-state index in [0.717, 1.165) is 5.56 Å². The maximum Gasteiger partial charge on any atom is 0.231 e. The van der Waals surface area contributed by atoms with E-state index in [2.05, 4.69) is 15.1 Å². The van der Waals surface area contributed by atoms with E-state index in [1.807, 2.05) is 30.3 Å². The fourth-order valence-electron chi connectivity index (χ4n) is 2.76. The molecule has 2 N–H and O–H groups in total. The van der Waals surface area contributed by atoms with Gasteiger partial charge in [0.1, 0.15) is 5.92 Å². The minimum atomic E-state index is -0.706. The SMILES string of the molecule is NC(=O)C(c1ccccc1)c1cc(-n2cccn2)nc(-c2ccco2)n1. The molecule has 3 heterocycles. The van der Waals surface area contributed by atoms with Crippen LogP contribution in [-0.2, 0) is 4.79 Å². The van der Waals surface area contributed by atoms with Gasteiger partial charge in [0.05, 0.1) is 12.0 Å². The molecule has 4 rings (SSSR count). The van der Waals surface area contributed by atoms with Crippen molar-refractivity contribution in [1.82, 2.24) is 19.7 Å². The topological polar surface area (TPSA) is 99.8 Å². The number of nitrogens with zero attached hydrogens (tertiary/aromatic N) is 4. The van der Waals surface area contributed by atoms with Crippen LogP contribution in [0.15, 0.2) is 77.7 Å². The summed E-state index contributed by atoms with van der Waals surface area (Å²) in [5.74, 6) is 0.180. The summed E-state index contributed by atoms with van der Waals surface area (Å²) in [6, 6.07) is 16.3. The Morgan fingerprint density at radius 2 is 1.92 bits per heavy atom. The number of carbonyl (C=O) groups is 1. The van der Waals surface area contributed by atoms with Crippen molar-refractivity contribution in [2.75, 3.05) is 0 Å². The van der Waals surface area contributed by atoms with Gasteiger partial charge in [-0.05, 0) is 23.8 Å². The molecule has 4 aromatic rings. The Hall–Kier alpha value is -3.74. The number of furan rings is 1. The summed E-state index contributed by atoms with van der Waals surface area (Å²) in [7, 11) is 0. The zero-order valence-electron chi connectivity index (χ0n) is 13.7. The van der Waals surface area contributed by atoms with Crippen molar-refractivity contribution >= 4 is 5.91 Å². The maximum atomic E-state index is 12.2. The molecule has 1 amide bonds. The standard InChI is InChI=1S/C19H15N5O2/c20-18(25)17(13-6-2-1-3-7-13)14-12-16(24-10-5-9-21-24)23-19(22-14)15-8-4-11-26-15/h1-12,17H,(H2,20,25). The molecule has 1 atom stereocenters. The smallest absolute Gasteiger partial charge is 0.231 e. The third-order valence-corrected chi connectivity index (χ3v) is 3.93. The maximum absolute atomic E-state index is 12.2. The van der Waals surface area contributed by atoms with Gasteiger partial charge in [-0.25, -0.2) is 14.6 Å². The van der Waals surface area contributed by atoms with Crippen molar-refractivity contribution < 1.29 is 9.21 Å². The van der Waals surface area contributed by atoms with Gasteiger partial charge in [0.2, 0.25) is 5.91 Å². The summed E-state index contributed by atoms with van der Waals surface area (Å²) < 4.78 is 7.02. The van der Waals surface area contributed by atoms with Crippen molar-refractivity contribution in [1.29, 1.82) is 0 Å². The van der Waals surface area contributed by atoms with Crippen molar-refractivity contribution in [3.05, 3.63) is 84.5 Å².